The van der Waals surface area contributed by atoms with Crippen molar-refractivity contribution in [1.29, 1.82) is 5.26 Å². The first-order chi connectivity index (χ1) is 6.15. The molecule has 0 amide bonds. The first-order valence-electron chi connectivity index (χ1n) is 3.29. The normalized spacial score (nSPS) is 9.38. The SMILES string of the molecule is N#CCOc1c(Cl)cc(Cl)cc1Br. The summed E-state index contributed by atoms with van der Waals surface area (Å²) in [5.74, 6) is 0.438. The molecule has 1 aromatic rings. The quantitative estimate of drug-likeness (QED) is 0.828. The van der Waals surface area contributed by atoms with E-state index in [1.807, 2.05) is 6.07 Å². The van der Waals surface area contributed by atoms with Gasteiger partial charge in [0.15, 0.2) is 12.4 Å². The summed E-state index contributed by atoms with van der Waals surface area (Å²) < 4.78 is 5.71. The standard InChI is InChI=1S/C8H4BrCl2NO/c9-6-3-5(10)4-7(11)8(6)13-2-1-12/h3-4H,2H2. The number of rotatable bonds is 2. The second-order valence-electron chi connectivity index (χ2n) is 2.15. The number of benzene rings is 1. The first-order valence-corrected chi connectivity index (χ1v) is 4.84. The lowest BCUT2D eigenvalue weighted by molar-refractivity contribution is 0.366. The van der Waals surface area contributed by atoms with Crippen LogP contribution >= 0.6 is 39.1 Å². The largest absolute Gasteiger partial charge is 0.476 e. The van der Waals surface area contributed by atoms with Crippen molar-refractivity contribution in [2.24, 2.45) is 0 Å². The fourth-order valence-electron chi connectivity index (χ4n) is 0.771. The van der Waals surface area contributed by atoms with Crippen LogP contribution in [0, 0.1) is 11.3 Å². The Balaban J connectivity index is 3.00. The van der Waals surface area contributed by atoms with Crippen LogP contribution in [-0.2, 0) is 0 Å². The van der Waals surface area contributed by atoms with E-state index in [0.717, 1.165) is 0 Å². The Morgan fingerprint density at radius 1 is 1.46 bits per heavy atom. The maximum atomic E-state index is 8.30. The van der Waals surface area contributed by atoms with Gasteiger partial charge in [-0.05, 0) is 28.1 Å². The predicted molar refractivity (Wildman–Crippen MR) is 55.3 cm³/mol. The van der Waals surface area contributed by atoms with Gasteiger partial charge in [0.05, 0.1) is 9.50 Å². The molecule has 0 atom stereocenters. The lowest BCUT2D eigenvalue weighted by atomic mass is 10.3. The fourth-order valence-corrected chi connectivity index (χ4v) is 2.14. The van der Waals surface area contributed by atoms with Gasteiger partial charge in [-0.15, -0.1) is 0 Å². The number of hydrogen-bond donors (Lipinski definition) is 0. The molecule has 0 fully saturated rings. The van der Waals surface area contributed by atoms with E-state index in [1.165, 1.54) is 0 Å². The monoisotopic (exact) mass is 279 g/mol. The average molecular weight is 281 g/mol. The Hall–Kier alpha value is -0.430. The number of nitriles is 1. The van der Waals surface area contributed by atoms with Crippen LogP contribution in [0.25, 0.3) is 0 Å². The third-order valence-electron chi connectivity index (χ3n) is 1.24. The summed E-state index contributed by atoms with van der Waals surface area (Å²) in [6, 6.07) is 5.06. The number of hydrogen-bond acceptors (Lipinski definition) is 2. The third-order valence-corrected chi connectivity index (χ3v) is 2.33. The summed E-state index contributed by atoms with van der Waals surface area (Å²) >= 11 is 14.8. The molecule has 0 spiro atoms. The van der Waals surface area contributed by atoms with E-state index < -0.39 is 0 Å². The summed E-state index contributed by atoms with van der Waals surface area (Å²) in [4.78, 5) is 0. The highest BCUT2D eigenvalue weighted by molar-refractivity contribution is 9.10. The zero-order valence-corrected chi connectivity index (χ0v) is 9.45. The topological polar surface area (TPSA) is 33.0 Å². The van der Waals surface area contributed by atoms with Gasteiger partial charge in [0.2, 0.25) is 0 Å². The molecular formula is C8H4BrCl2NO. The zero-order chi connectivity index (χ0) is 9.84. The van der Waals surface area contributed by atoms with Gasteiger partial charge in [-0.25, -0.2) is 0 Å². The number of nitrogens with zero attached hydrogens (tertiary/aromatic N) is 1. The Bertz CT molecular complexity index is 339. The molecule has 0 saturated carbocycles. The molecule has 0 saturated heterocycles. The summed E-state index contributed by atoms with van der Waals surface area (Å²) in [6.07, 6.45) is 0. The van der Waals surface area contributed by atoms with Crippen LogP contribution in [0.5, 0.6) is 5.75 Å². The van der Waals surface area contributed by atoms with Crippen LogP contribution in [0.3, 0.4) is 0 Å². The minimum absolute atomic E-state index is 0.0417. The van der Waals surface area contributed by atoms with Crippen LogP contribution in [-0.4, -0.2) is 6.61 Å². The summed E-state index contributed by atoms with van der Waals surface area (Å²) in [5, 5.41) is 9.20. The molecule has 2 nitrogen and oxygen atoms in total. The van der Waals surface area contributed by atoms with Gasteiger partial charge >= 0.3 is 0 Å². The average Bonchev–Trinajstić information content (AvgIpc) is 2.02. The van der Waals surface area contributed by atoms with Gasteiger partial charge in [0, 0.05) is 5.02 Å². The van der Waals surface area contributed by atoms with Gasteiger partial charge in [-0.2, -0.15) is 5.26 Å². The zero-order valence-electron chi connectivity index (χ0n) is 6.35. The van der Waals surface area contributed by atoms with Gasteiger partial charge in [-0.3, -0.25) is 0 Å². The lowest BCUT2D eigenvalue weighted by Crippen LogP contribution is -1.94. The Labute approximate surface area is 94.1 Å². The van der Waals surface area contributed by atoms with Crippen molar-refractivity contribution in [1.82, 2.24) is 0 Å². The van der Waals surface area contributed by atoms with Crippen LogP contribution < -0.4 is 4.74 Å². The number of halogens is 3. The Kier molecular flexibility index (Phi) is 3.86. The summed E-state index contributed by atoms with van der Waals surface area (Å²) in [7, 11) is 0. The van der Waals surface area contributed by atoms with Crippen molar-refractivity contribution in [3.05, 3.63) is 26.7 Å². The molecule has 0 N–H and O–H groups in total. The highest BCUT2D eigenvalue weighted by Crippen LogP contribution is 2.35. The maximum Gasteiger partial charge on any atom is 0.174 e. The highest BCUT2D eigenvalue weighted by atomic mass is 79.9. The van der Waals surface area contributed by atoms with Gasteiger partial charge in [0.25, 0.3) is 0 Å². The molecular weight excluding hydrogens is 277 g/mol. The molecule has 5 heteroatoms. The van der Waals surface area contributed by atoms with Crippen molar-refractivity contribution < 1.29 is 4.74 Å². The molecule has 1 aromatic carbocycles. The molecule has 13 heavy (non-hydrogen) atoms. The van der Waals surface area contributed by atoms with E-state index in [0.29, 0.717) is 20.3 Å². The van der Waals surface area contributed by atoms with E-state index in [2.05, 4.69) is 15.9 Å². The van der Waals surface area contributed by atoms with E-state index in [9.17, 15) is 0 Å². The molecule has 0 bridgehead atoms. The van der Waals surface area contributed by atoms with Crippen LogP contribution in [0.15, 0.2) is 16.6 Å². The molecule has 1 rings (SSSR count). The highest BCUT2D eigenvalue weighted by Gasteiger charge is 2.07. The summed E-state index contributed by atoms with van der Waals surface area (Å²) in [5.41, 5.74) is 0. The van der Waals surface area contributed by atoms with Crippen molar-refractivity contribution >= 4 is 39.1 Å². The minimum atomic E-state index is -0.0417. The van der Waals surface area contributed by atoms with E-state index in [4.69, 9.17) is 33.2 Å². The van der Waals surface area contributed by atoms with Crippen molar-refractivity contribution in [2.45, 2.75) is 0 Å². The summed E-state index contributed by atoms with van der Waals surface area (Å²) in [6.45, 7) is -0.0417. The minimum Gasteiger partial charge on any atom is -0.476 e. The fraction of sp³-hybridized carbons (Fsp3) is 0.125. The van der Waals surface area contributed by atoms with Crippen molar-refractivity contribution in [3.8, 4) is 11.8 Å². The van der Waals surface area contributed by atoms with E-state index in [1.54, 1.807) is 12.1 Å². The second kappa shape index (κ2) is 4.71. The smallest absolute Gasteiger partial charge is 0.174 e. The van der Waals surface area contributed by atoms with Crippen LogP contribution in [0.1, 0.15) is 0 Å². The second-order valence-corrected chi connectivity index (χ2v) is 3.84. The number of ether oxygens (including phenoxy) is 1. The molecule has 0 aliphatic heterocycles. The van der Waals surface area contributed by atoms with Crippen LogP contribution in [0.4, 0.5) is 0 Å². The maximum absolute atomic E-state index is 8.30. The van der Waals surface area contributed by atoms with Gasteiger partial charge in [0.1, 0.15) is 6.07 Å². The first kappa shape index (κ1) is 10.6. The molecule has 0 heterocycles. The molecule has 0 aliphatic rings. The molecule has 0 unspecified atom stereocenters. The van der Waals surface area contributed by atoms with E-state index in [-0.39, 0.29) is 6.61 Å². The van der Waals surface area contributed by atoms with Gasteiger partial charge in [-0.1, -0.05) is 23.2 Å². The Morgan fingerprint density at radius 3 is 2.69 bits per heavy atom. The lowest BCUT2D eigenvalue weighted by Gasteiger charge is -2.06. The molecule has 0 aromatic heterocycles. The van der Waals surface area contributed by atoms with Crippen molar-refractivity contribution in [2.75, 3.05) is 6.61 Å². The molecule has 0 radical (unpaired) electrons. The van der Waals surface area contributed by atoms with E-state index >= 15 is 0 Å². The van der Waals surface area contributed by atoms with Crippen molar-refractivity contribution in [3.63, 3.8) is 0 Å². The molecule has 68 valence electrons. The van der Waals surface area contributed by atoms with Crippen LogP contribution in [0.2, 0.25) is 10.0 Å². The van der Waals surface area contributed by atoms with Gasteiger partial charge < -0.3 is 4.74 Å². The predicted octanol–water partition coefficient (Wildman–Crippen LogP) is 3.66. The third kappa shape index (κ3) is 2.77. The Morgan fingerprint density at radius 2 is 2.15 bits per heavy atom. The molecule has 0 aliphatic carbocycles.